The molecule has 25 heavy (non-hydrogen) atoms. The number of rotatable bonds is 6. The fraction of sp³-hybridized carbons (Fsp3) is 0.706. The molecule has 1 aliphatic heterocycles. The molecule has 0 radical (unpaired) electrons. The third kappa shape index (κ3) is 8.55. The Morgan fingerprint density at radius 1 is 1.32 bits per heavy atom. The lowest BCUT2D eigenvalue weighted by Gasteiger charge is -2.33. The van der Waals surface area contributed by atoms with Crippen molar-refractivity contribution in [2.75, 3.05) is 46.9 Å². The molecule has 1 heterocycles. The first-order valence-corrected chi connectivity index (χ1v) is 8.39. The minimum atomic E-state index is -0.117. The van der Waals surface area contributed by atoms with Crippen LogP contribution in [0, 0.1) is 5.92 Å². The molecule has 7 nitrogen and oxygen atoms in total. The zero-order valence-electron chi connectivity index (χ0n) is 15.7. The van der Waals surface area contributed by atoms with Crippen LogP contribution in [0.1, 0.15) is 26.7 Å². The van der Waals surface area contributed by atoms with Gasteiger partial charge in [0.2, 0.25) is 5.91 Å². The number of hydrogen-bond acceptors (Lipinski definition) is 4. The normalized spacial score (nSPS) is 15.2. The van der Waals surface area contributed by atoms with Gasteiger partial charge in [0.1, 0.15) is 6.54 Å². The third-order valence-electron chi connectivity index (χ3n) is 3.83. The standard InChI is InChI=1S/C17H30N4O3.HI/c1-6-24-16(23)14-7-9-21(10-8-14)17(18-11-13(2)3)19-12-15(22)20(4)5;/h14H,2,6-12H2,1,3-5H3,(H,18,19);1H. The lowest BCUT2D eigenvalue weighted by molar-refractivity contribution is -0.149. The number of ether oxygens (including phenoxy) is 1. The molecule has 1 fully saturated rings. The fourth-order valence-corrected chi connectivity index (χ4v) is 2.37. The molecule has 1 amide bonds. The second-order valence-electron chi connectivity index (χ2n) is 6.25. The van der Waals surface area contributed by atoms with Crippen molar-refractivity contribution in [1.82, 2.24) is 15.1 Å². The predicted octanol–water partition coefficient (Wildman–Crippen LogP) is 1.49. The Kier molecular flexibility index (Phi) is 11.5. The van der Waals surface area contributed by atoms with Crippen LogP contribution in [-0.4, -0.2) is 74.5 Å². The Bertz CT molecular complexity index is 486. The summed E-state index contributed by atoms with van der Waals surface area (Å²) in [6.45, 7) is 10.2. The number of piperidine rings is 1. The van der Waals surface area contributed by atoms with Crippen LogP contribution < -0.4 is 5.32 Å². The van der Waals surface area contributed by atoms with E-state index in [9.17, 15) is 9.59 Å². The Hall–Kier alpha value is -1.32. The highest BCUT2D eigenvalue weighted by Crippen LogP contribution is 2.18. The van der Waals surface area contributed by atoms with E-state index in [1.807, 2.05) is 13.8 Å². The molecule has 0 saturated carbocycles. The second kappa shape index (κ2) is 12.1. The van der Waals surface area contributed by atoms with Crippen LogP contribution in [0.5, 0.6) is 0 Å². The van der Waals surface area contributed by atoms with Gasteiger partial charge in [-0.05, 0) is 26.7 Å². The average molecular weight is 466 g/mol. The van der Waals surface area contributed by atoms with Crippen molar-refractivity contribution in [1.29, 1.82) is 0 Å². The van der Waals surface area contributed by atoms with Crippen molar-refractivity contribution in [3.8, 4) is 0 Å². The first-order valence-electron chi connectivity index (χ1n) is 8.39. The highest BCUT2D eigenvalue weighted by molar-refractivity contribution is 14.0. The van der Waals surface area contributed by atoms with E-state index in [0.29, 0.717) is 32.2 Å². The topological polar surface area (TPSA) is 74.2 Å². The van der Waals surface area contributed by atoms with Gasteiger partial charge < -0.3 is 19.9 Å². The van der Waals surface area contributed by atoms with Gasteiger partial charge in [-0.1, -0.05) is 12.2 Å². The van der Waals surface area contributed by atoms with Gasteiger partial charge in [-0.15, -0.1) is 24.0 Å². The van der Waals surface area contributed by atoms with Crippen LogP contribution in [0.15, 0.2) is 17.1 Å². The van der Waals surface area contributed by atoms with Crippen molar-refractivity contribution in [3.63, 3.8) is 0 Å². The van der Waals surface area contributed by atoms with E-state index in [1.165, 1.54) is 4.90 Å². The summed E-state index contributed by atoms with van der Waals surface area (Å²) in [4.78, 5) is 31.6. The summed E-state index contributed by atoms with van der Waals surface area (Å²) < 4.78 is 5.10. The number of halogens is 1. The summed E-state index contributed by atoms with van der Waals surface area (Å²) in [5.41, 5.74) is 0.989. The van der Waals surface area contributed by atoms with Gasteiger partial charge in [0.15, 0.2) is 5.96 Å². The summed E-state index contributed by atoms with van der Waals surface area (Å²) >= 11 is 0. The number of nitrogens with zero attached hydrogens (tertiary/aromatic N) is 3. The van der Waals surface area contributed by atoms with Crippen molar-refractivity contribution in [3.05, 3.63) is 12.2 Å². The monoisotopic (exact) mass is 466 g/mol. The maximum Gasteiger partial charge on any atom is 0.309 e. The van der Waals surface area contributed by atoms with Crippen molar-refractivity contribution >= 4 is 41.8 Å². The number of esters is 1. The molecule has 1 saturated heterocycles. The number of aliphatic imine (C=N–C) groups is 1. The van der Waals surface area contributed by atoms with Gasteiger partial charge in [-0.3, -0.25) is 9.59 Å². The number of carbonyl (C=O) groups excluding carboxylic acids is 2. The van der Waals surface area contributed by atoms with Crippen molar-refractivity contribution in [2.24, 2.45) is 10.9 Å². The lowest BCUT2D eigenvalue weighted by atomic mass is 9.97. The average Bonchev–Trinajstić information content (AvgIpc) is 2.54. The number of nitrogens with one attached hydrogen (secondary N) is 1. The van der Waals surface area contributed by atoms with Gasteiger partial charge in [0.25, 0.3) is 0 Å². The summed E-state index contributed by atoms with van der Waals surface area (Å²) in [5, 5.41) is 3.24. The van der Waals surface area contributed by atoms with Gasteiger partial charge in [-0.25, -0.2) is 4.99 Å². The molecule has 8 heteroatoms. The maximum atomic E-state index is 11.8. The zero-order valence-corrected chi connectivity index (χ0v) is 18.0. The number of amides is 1. The molecule has 0 aromatic heterocycles. The molecule has 0 aromatic rings. The highest BCUT2D eigenvalue weighted by atomic mass is 127. The van der Waals surface area contributed by atoms with E-state index in [2.05, 4.69) is 21.8 Å². The molecular weight excluding hydrogens is 435 g/mol. The molecule has 0 aromatic carbocycles. The van der Waals surface area contributed by atoms with E-state index < -0.39 is 0 Å². The zero-order chi connectivity index (χ0) is 18.1. The quantitative estimate of drug-likeness (QED) is 0.211. The highest BCUT2D eigenvalue weighted by Gasteiger charge is 2.27. The minimum absolute atomic E-state index is 0. The number of carbonyl (C=O) groups is 2. The second-order valence-corrected chi connectivity index (χ2v) is 6.25. The summed E-state index contributed by atoms with van der Waals surface area (Å²) in [5.74, 6) is 0.474. The molecule has 0 atom stereocenters. The van der Waals surface area contributed by atoms with E-state index in [0.717, 1.165) is 18.4 Å². The summed E-state index contributed by atoms with van der Waals surface area (Å²) in [6.07, 6.45) is 1.46. The van der Waals surface area contributed by atoms with E-state index in [1.54, 1.807) is 14.1 Å². The van der Waals surface area contributed by atoms with Crippen LogP contribution in [0.4, 0.5) is 0 Å². The van der Waals surface area contributed by atoms with Crippen LogP contribution in [-0.2, 0) is 14.3 Å². The first kappa shape index (κ1) is 23.7. The number of likely N-dealkylation sites (tertiary alicyclic amines) is 1. The molecule has 144 valence electrons. The molecule has 0 spiro atoms. The van der Waals surface area contributed by atoms with Gasteiger partial charge in [0.05, 0.1) is 12.5 Å². The first-order chi connectivity index (χ1) is 11.3. The van der Waals surface area contributed by atoms with Gasteiger partial charge in [0, 0.05) is 33.7 Å². The molecular formula is C17H31IN4O3. The molecule has 1 rings (SSSR count). The molecule has 0 bridgehead atoms. The molecule has 1 N–H and O–H groups in total. The SMILES string of the molecule is C=C(C)CNC(=NCC(=O)N(C)C)N1CCC(C(=O)OCC)CC1.I. The largest absolute Gasteiger partial charge is 0.466 e. The summed E-state index contributed by atoms with van der Waals surface area (Å²) in [6, 6.07) is 0. The van der Waals surface area contributed by atoms with E-state index >= 15 is 0 Å². The van der Waals surface area contributed by atoms with Crippen LogP contribution in [0.3, 0.4) is 0 Å². The van der Waals surface area contributed by atoms with E-state index in [-0.39, 0.29) is 48.3 Å². The molecule has 1 aliphatic rings. The molecule has 0 unspecified atom stereocenters. The van der Waals surface area contributed by atoms with Gasteiger partial charge >= 0.3 is 5.97 Å². The Balaban J connectivity index is 0.00000576. The van der Waals surface area contributed by atoms with E-state index in [4.69, 9.17) is 4.74 Å². The third-order valence-corrected chi connectivity index (χ3v) is 3.83. The van der Waals surface area contributed by atoms with Crippen molar-refractivity contribution < 1.29 is 14.3 Å². The molecule has 0 aliphatic carbocycles. The van der Waals surface area contributed by atoms with Crippen molar-refractivity contribution in [2.45, 2.75) is 26.7 Å². The Morgan fingerprint density at radius 2 is 1.92 bits per heavy atom. The smallest absolute Gasteiger partial charge is 0.309 e. The maximum absolute atomic E-state index is 11.8. The fourth-order valence-electron chi connectivity index (χ4n) is 2.37. The van der Waals surface area contributed by atoms with Gasteiger partial charge in [-0.2, -0.15) is 0 Å². The number of guanidine groups is 1. The Morgan fingerprint density at radius 3 is 2.40 bits per heavy atom. The number of hydrogen-bond donors (Lipinski definition) is 1. The Labute approximate surface area is 167 Å². The lowest BCUT2D eigenvalue weighted by Crippen LogP contribution is -2.47. The minimum Gasteiger partial charge on any atom is -0.466 e. The van der Waals surface area contributed by atoms with Crippen LogP contribution >= 0.6 is 24.0 Å². The number of likely N-dealkylation sites (N-methyl/N-ethyl adjacent to an activating group) is 1. The van der Waals surface area contributed by atoms with Crippen LogP contribution in [0.2, 0.25) is 0 Å². The van der Waals surface area contributed by atoms with Crippen LogP contribution in [0.25, 0.3) is 0 Å². The predicted molar refractivity (Wildman–Crippen MR) is 110 cm³/mol. The summed E-state index contributed by atoms with van der Waals surface area (Å²) in [7, 11) is 3.42.